The number of piperazine rings is 1. The van der Waals surface area contributed by atoms with Crippen LogP contribution in [0.1, 0.15) is 25.7 Å². The molecule has 0 bridgehead atoms. The van der Waals surface area contributed by atoms with Gasteiger partial charge in [-0.2, -0.15) is 0 Å². The number of hydrogen-bond acceptors (Lipinski definition) is 4. The Kier molecular flexibility index (Phi) is 8.39. The molecule has 3 heterocycles. The average molecular weight is 479 g/mol. The van der Waals surface area contributed by atoms with Crippen LogP contribution in [0, 0.1) is 0 Å². The molecule has 0 aliphatic carbocycles. The predicted octanol–water partition coefficient (Wildman–Crippen LogP) is 0.125. The van der Waals surface area contributed by atoms with Crippen LogP contribution in [0.2, 0.25) is 0 Å². The van der Waals surface area contributed by atoms with Crippen molar-refractivity contribution in [2.24, 2.45) is 4.99 Å². The summed E-state index contributed by atoms with van der Waals surface area (Å²) < 4.78 is 5.49. The Morgan fingerprint density at radius 3 is 2.23 bits per heavy atom. The quantitative estimate of drug-likeness (QED) is 0.354. The molecule has 9 heteroatoms. The SMILES string of the molecule is CN=C(NCC(=O)N1CCCC1)N1CCN(C(=O)C2CCCO2)CC1.I. The zero-order chi connectivity index (χ0) is 17.6. The molecule has 148 valence electrons. The highest BCUT2D eigenvalue weighted by Crippen LogP contribution is 2.16. The molecule has 3 aliphatic heterocycles. The van der Waals surface area contributed by atoms with E-state index in [0.717, 1.165) is 57.8 Å². The molecule has 0 saturated carbocycles. The first-order valence-corrected chi connectivity index (χ1v) is 9.33. The minimum atomic E-state index is -0.248. The largest absolute Gasteiger partial charge is 0.368 e. The van der Waals surface area contributed by atoms with E-state index in [1.54, 1.807) is 7.05 Å². The van der Waals surface area contributed by atoms with E-state index < -0.39 is 0 Å². The second-order valence-electron chi connectivity index (χ2n) is 6.80. The molecular formula is C17H30IN5O3. The Bertz CT molecular complexity index is 511. The smallest absolute Gasteiger partial charge is 0.251 e. The van der Waals surface area contributed by atoms with Gasteiger partial charge >= 0.3 is 0 Å². The summed E-state index contributed by atoms with van der Waals surface area (Å²) in [4.78, 5) is 34.7. The summed E-state index contributed by atoms with van der Waals surface area (Å²) in [6, 6.07) is 0. The third-order valence-electron chi connectivity index (χ3n) is 5.16. The van der Waals surface area contributed by atoms with Crippen LogP contribution in [-0.2, 0) is 14.3 Å². The molecule has 1 unspecified atom stereocenters. The van der Waals surface area contributed by atoms with E-state index in [0.29, 0.717) is 19.7 Å². The normalized spacial score (nSPS) is 23.8. The van der Waals surface area contributed by atoms with Gasteiger partial charge in [0.15, 0.2) is 5.96 Å². The number of nitrogens with zero attached hydrogens (tertiary/aromatic N) is 4. The van der Waals surface area contributed by atoms with Gasteiger partial charge in [0, 0.05) is 52.9 Å². The molecule has 0 aromatic carbocycles. The standard InChI is InChI=1S/C17H29N5O3.HI/c1-18-17(19-13-15(23)20-6-2-3-7-20)22-10-8-21(9-11-22)16(24)14-5-4-12-25-14;/h14H,2-13H2,1H3,(H,18,19);1H. The number of guanidine groups is 1. The zero-order valence-electron chi connectivity index (χ0n) is 15.5. The van der Waals surface area contributed by atoms with Gasteiger partial charge in [-0.3, -0.25) is 14.6 Å². The van der Waals surface area contributed by atoms with Crippen molar-refractivity contribution in [1.82, 2.24) is 20.0 Å². The fourth-order valence-electron chi connectivity index (χ4n) is 3.68. The topological polar surface area (TPSA) is 77.5 Å². The van der Waals surface area contributed by atoms with Gasteiger partial charge in [-0.15, -0.1) is 24.0 Å². The fraction of sp³-hybridized carbons (Fsp3) is 0.824. The summed E-state index contributed by atoms with van der Waals surface area (Å²) in [5.74, 6) is 0.979. The summed E-state index contributed by atoms with van der Waals surface area (Å²) in [7, 11) is 1.73. The van der Waals surface area contributed by atoms with Gasteiger partial charge in [-0.25, -0.2) is 0 Å². The summed E-state index contributed by atoms with van der Waals surface area (Å²) >= 11 is 0. The number of carbonyl (C=O) groups is 2. The summed E-state index contributed by atoms with van der Waals surface area (Å²) in [5.41, 5.74) is 0. The van der Waals surface area contributed by atoms with E-state index in [-0.39, 0.29) is 48.4 Å². The Balaban J connectivity index is 0.00000243. The third-order valence-corrected chi connectivity index (χ3v) is 5.16. The molecule has 3 saturated heterocycles. The van der Waals surface area contributed by atoms with Gasteiger partial charge in [0.25, 0.3) is 5.91 Å². The van der Waals surface area contributed by atoms with Crippen molar-refractivity contribution in [3.8, 4) is 0 Å². The van der Waals surface area contributed by atoms with Crippen LogP contribution in [0.25, 0.3) is 0 Å². The van der Waals surface area contributed by atoms with Crippen LogP contribution in [0.3, 0.4) is 0 Å². The molecule has 26 heavy (non-hydrogen) atoms. The first kappa shape index (κ1) is 21.2. The van der Waals surface area contributed by atoms with Crippen LogP contribution in [0.5, 0.6) is 0 Å². The number of halogens is 1. The number of amides is 2. The lowest BCUT2D eigenvalue weighted by Crippen LogP contribution is -2.56. The molecular weight excluding hydrogens is 449 g/mol. The van der Waals surface area contributed by atoms with Crippen molar-refractivity contribution in [3.63, 3.8) is 0 Å². The number of likely N-dealkylation sites (tertiary alicyclic amines) is 1. The summed E-state index contributed by atoms with van der Waals surface area (Å²) in [6.07, 6.45) is 3.75. The van der Waals surface area contributed by atoms with Crippen LogP contribution in [-0.4, -0.2) is 98.0 Å². The molecule has 3 rings (SSSR count). The van der Waals surface area contributed by atoms with Gasteiger partial charge in [0.05, 0.1) is 6.54 Å². The van der Waals surface area contributed by atoms with E-state index in [1.807, 2.05) is 9.80 Å². The van der Waals surface area contributed by atoms with Gasteiger partial charge in [-0.1, -0.05) is 0 Å². The van der Waals surface area contributed by atoms with Crippen LogP contribution in [0.4, 0.5) is 0 Å². The number of aliphatic imine (C=N–C) groups is 1. The molecule has 2 amide bonds. The fourth-order valence-corrected chi connectivity index (χ4v) is 3.68. The van der Waals surface area contributed by atoms with Crippen molar-refractivity contribution in [2.75, 3.05) is 59.5 Å². The predicted molar refractivity (Wildman–Crippen MR) is 110 cm³/mol. The molecule has 8 nitrogen and oxygen atoms in total. The number of carbonyl (C=O) groups excluding carboxylic acids is 2. The maximum absolute atomic E-state index is 12.4. The van der Waals surface area contributed by atoms with E-state index in [4.69, 9.17) is 4.74 Å². The Morgan fingerprint density at radius 2 is 1.65 bits per heavy atom. The maximum atomic E-state index is 12.4. The lowest BCUT2D eigenvalue weighted by Gasteiger charge is -2.37. The van der Waals surface area contributed by atoms with E-state index in [9.17, 15) is 9.59 Å². The number of nitrogens with one attached hydrogen (secondary N) is 1. The number of ether oxygens (including phenoxy) is 1. The third kappa shape index (κ3) is 5.21. The van der Waals surface area contributed by atoms with Crippen LogP contribution >= 0.6 is 24.0 Å². The van der Waals surface area contributed by atoms with Gasteiger partial charge in [0.2, 0.25) is 5.91 Å². The molecule has 3 fully saturated rings. The highest BCUT2D eigenvalue weighted by atomic mass is 127. The van der Waals surface area contributed by atoms with Crippen molar-refractivity contribution < 1.29 is 14.3 Å². The van der Waals surface area contributed by atoms with Gasteiger partial charge in [-0.05, 0) is 25.7 Å². The van der Waals surface area contributed by atoms with Crippen molar-refractivity contribution >= 4 is 41.8 Å². The highest BCUT2D eigenvalue weighted by Gasteiger charge is 2.31. The summed E-state index contributed by atoms with van der Waals surface area (Å²) in [5, 5.41) is 3.17. The first-order chi connectivity index (χ1) is 12.2. The molecule has 0 radical (unpaired) electrons. The van der Waals surface area contributed by atoms with E-state index in [2.05, 4.69) is 15.2 Å². The monoisotopic (exact) mass is 479 g/mol. The zero-order valence-corrected chi connectivity index (χ0v) is 17.8. The van der Waals surface area contributed by atoms with Crippen molar-refractivity contribution in [2.45, 2.75) is 31.8 Å². The Hall–Kier alpha value is -1.10. The minimum Gasteiger partial charge on any atom is -0.368 e. The molecule has 0 aromatic heterocycles. The average Bonchev–Trinajstić information content (AvgIpc) is 3.35. The van der Waals surface area contributed by atoms with Gasteiger partial charge < -0.3 is 24.8 Å². The van der Waals surface area contributed by atoms with Gasteiger partial charge in [0.1, 0.15) is 6.10 Å². The van der Waals surface area contributed by atoms with Crippen LogP contribution in [0.15, 0.2) is 4.99 Å². The lowest BCUT2D eigenvalue weighted by atomic mass is 10.2. The molecule has 0 spiro atoms. The Morgan fingerprint density at radius 1 is 1.00 bits per heavy atom. The molecule has 3 aliphatic rings. The molecule has 0 aromatic rings. The number of hydrogen-bond donors (Lipinski definition) is 1. The second kappa shape index (κ2) is 10.3. The van der Waals surface area contributed by atoms with Crippen molar-refractivity contribution in [3.05, 3.63) is 0 Å². The summed E-state index contributed by atoms with van der Waals surface area (Å²) in [6.45, 7) is 5.47. The highest BCUT2D eigenvalue weighted by molar-refractivity contribution is 14.0. The van der Waals surface area contributed by atoms with Crippen molar-refractivity contribution in [1.29, 1.82) is 0 Å². The van der Waals surface area contributed by atoms with E-state index in [1.165, 1.54) is 0 Å². The van der Waals surface area contributed by atoms with E-state index >= 15 is 0 Å². The molecule has 1 N–H and O–H groups in total. The number of rotatable bonds is 3. The Labute approximate surface area is 172 Å². The lowest BCUT2D eigenvalue weighted by molar-refractivity contribution is -0.142. The van der Waals surface area contributed by atoms with Crippen LogP contribution < -0.4 is 5.32 Å². The second-order valence-corrected chi connectivity index (χ2v) is 6.80. The maximum Gasteiger partial charge on any atom is 0.251 e. The first-order valence-electron chi connectivity index (χ1n) is 9.33. The molecule has 1 atom stereocenters. The minimum absolute atomic E-state index is 0.